The van der Waals surface area contributed by atoms with E-state index in [4.69, 9.17) is 4.74 Å². The first-order valence-electron chi connectivity index (χ1n) is 5.25. The van der Waals surface area contributed by atoms with Crippen LogP contribution in [0.5, 0.6) is 5.75 Å². The van der Waals surface area contributed by atoms with Gasteiger partial charge in [-0.15, -0.1) is 0 Å². The van der Waals surface area contributed by atoms with E-state index in [2.05, 4.69) is 5.32 Å². The molecule has 0 saturated carbocycles. The van der Waals surface area contributed by atoms with Crippen LogP contribution in [0.3, 0.4) is 0 Å². The summed E-state index contributed by atoms with van der Waals surface area (Å²) in [6.45, 7) is 5.82. The minimum absolute atomic E-state index is 0.203. The molecule has 0 aliphatic heterocycles. The Morgan fingerprint density at radius 2 is 2.25 bits per heavy atom. The van der Waals surface area contributed by atoms with Crippen molar-refractivity contribution in [2.24, 2.45) is 0 Å². The van der Waals surface area contributed by atoms with E-state index in [1.54, 1.807) is 19.9 Å². The Morgan fingerprint density at radius 1 is 1.56 bits per heavy atom. The number of carbonyl (C=O) groups is 1. The monoisotopic (exact) mass is 225 g/mol. The molecule has 1 unspecified atom stereocenters. The van der Waals surface area contributed by atoms with Crippen LogP contribution in [-0.4, -0.2) is 18.6 Å². The maximum atomic E-state index is 13.0. The third kappa shape index (κ3) is 3.22. The van der Waals surface area contributed by atoms with Gasteiger partial charge in [-0.3, -0.25) is 4.79 Å². The van der Waals surface area contributed by atoms with Crippen molar-refractivity contribution in [1.29, 1.82) is 0 Å². The van der Waals surface area contributed by atoms with E-state index in [0.717, 1.165) is 5.56 Å². The molecule has 1 aromatic carbocycles. The van der Waals surface area contributed by atoms with Crippen molar-refractivity contribution in [3.8, 4) is 5.75 Å². The summed E-state index contributed by atoms with van der Waals surface area (Å²) < 4.78 is 18.4. The number of ether oxygens (including phenoxy) is 1. The summed E-state index contributed by atoms with van der Waals surface area (Å²) in [5.41, 5.74) is 0.803. The van der Waals surface area contributed by atoms with E-state index >= 15 is 0 Å². The summed E-state index contributed by atoms with van der Waals surface area (Å²) in [5.74, 6) is -0.173. The second-order valence-corrected chi connectivity index (χ2v) is 3.56. The van der Waals surface area contributed by atoms with Gasteiger partial charge in [-0.25, -0.2) is 4.39 Å². The lowest BCUT2D eigenvalue weighted by atomic mass is 10.2. The molecule has 1 rings (SSSR count). The molecule has 0 radical (unpaired) electrons. The fourth-order valence-corrected chi connectivity index (χ4v) is 1.26. The largest absolute Gasteiger partial charge is 0.481 e. The number of hydrogen-bond donors (Lipinski definition) is 1. The predicted octanol–water partition coefficient (Wildman–Crippen LogP) is 2.04. The van der Waals surface area contributed by atoms with E-state index in [1.807, 2.05) is 6.92 Å². The van der Waals surface area contributed by atoms with E-state index in [1.165, 1.54) is 12.1 Å². The van der Waals surface area contributed by atoms with Crippen LogP contribution in [0.4, 0.5) is 4.39 Å². The number of hydrogen-bond acceptors (Lipinski definition) is 2. The van der Waals surface area contributed by atoms with Crippen LogP contribution >= 0.6 is 0 Å². The summed E-state index contributed by atoms with van der Waals surface area (Å²) in [4.78, 5) is 11.4. The van der Waals surface area contributed by atoms with Crippen molar-refractivity contribution in [1.82, 2.24) is 5.32 Å². The molecule has 1 N–H and O–H groups in total. The molecule has 1 atom stereocenters. The van der Waals surface area contributed by atoms with Gasteiger partial charge in [-0.05, 0) is 32.4 Å². The zero-order chi connectivity index (χ0) is 12.1. The van der Waals surface area contributed by atoms with Crippen LogP contribution in [0, 0.1) is 12.7 Å². The second-order valence-electron chi connectivity index (χ2n) is 3.56. The first-order valence-corrected chi connectivity index (χ1v) is 5.25. The highest BCUT2D eigenvalue weighted by atomic mass is 19.1. The Balaban J connectivity index is 2.72. The molecule has 3 nitrogen and oxygen atoms in total. The predicted molar refractivity (Wildman–Crippen MR) is 59.9 cm³/mol. The van der Waals surface area contributed by atoms with E-state index < -0.39 is 6.10 Å². The number of benzene rings is 1. The van der Waals surface area contributed by atoms with E-state index in [9.17, 15) is 9.18 Å². The molecule has 0 aliphatic rings. The Morgan fingerprint density at radius 3 is 2.88 bits per heavy atom. The normalized spacial score (nSPS) is 12.0. The molecule has 1 amide bonds. The molecule has 4 heteroatoms. The van der Waals surface area contributed by atoms with Gasteiger partial charge in [0.2, 0.25) is 0 Å². The third-order valence-electron chi connectivity index (χ3n) is 2.17. The minimum Gasteiger partial charge on any atom is -0.481 e. The SMILES string of the molecule is CCNC(=O)C(C)Oc1cc(F)ccc1C. The lowest BCUT2D eigenvalue weighted by Crippen LogP contribution is -2.36. The molecule has 0 heterocycles. The molecule has 0 fully saturated rings. The van der Waals surface area contributed by atoms with Crippen LogP contribution in [0.1, 0.15) is 19.4 Å². The molecule has 0 aromatic heterocycles. The molecule has 0 aliphatic carbocycles. The summed E-state index contributed by atoms with van der Waals surface area (Å²) in [6, 6.07) is 4.26. The molecule has 88 valence electrons. The number of carbonyl (C=O) groups excluding carboxylic acids is 1. The van der Waals surface area contributed by atoms with Crippen molar-refractivity contribution < 1.29 is 13.9 Å². The van der Waals surface area contributed by atoms with Gasteiger partial charge in [0.25, 0.3) is 5.91 Å². The molecule has 0 saturated heterocycles. The van der Waals surface area contributed by atoms with Gasteiger partial charge in [0.1, 0.15) is 11.6 Å². The summed E-state index contributed by atoms with van der Waals surface area (Å²) in [7, 11) is 0. The van der Waals surface area contributed by atoms with Crippen LogP contribution in [-0.2, 0) is 4.79 Å². The topological polar surface area (TPSA) is 38.3 Å². The number of aryl methyl sites for hydroxylation is 1. The highest BCUT2D eigenvalue weighted by Crippen LogP contribution is 2.19. The highest BCUT2D eigenvalue weighted by Gasteiger charge is 2.14. The Labute approximate surface area is 94.6 Å². The quantitative estimate of drug-likeness (QED) is 0.851. The smallest absolute Gasteiger partial charge is 0.260 e. The maximum absolute atomic E-state index is 13.0. The van der Waals surface area contributed by atoms with E-state index in [-0.39, 0.29) is 11.7 Å². The fraction of sp³-hybridized carbons (Fsp3) is 0.417. The van der Waals surface area contributed by atoms with Gasteiger partial charge in [-0.1, -0.05) is 6.07 Å². The molecule has 1 aromatic rings. The number of likely N-dealkylation sites (N-methyl/N-ethyl adjacent to an activating group) is 1. The van der Waals surface area contributed by atoms with E-state index in [0.29, 0.717) is 12.3 Å². The summed E-state index contributed by atoms with van der Waals surface area (Å²) >= 11 is 0. The molecule has 0 spiro atoms. The van der Waals surface area contributed by atoms with Crippen molar-refractivity contribution >= 4 is 5.91 Å². The average molecular weight is 225 g/mol. The Kier molecular flexibility index (Phi) is 4.28. The van der Waals surface area contributed by atoms with Crippen molar-refractivity contribution in [3.63, 3.8) is 0 Å². The van der Waals surface area contributed by atoms with Crippen LogP contribution in [0.2, 0.25) is 0 Å². The first-order chi connectivity index (χ1) is 7.54. The highest BCUT2D eigenvalue weighted by molar-refractivity contribution is 5.80. The third-order valence-corrected chi connectivity index (χ3v) is 2.17. The standard InChI is InChI=1S/C12H16FNO2/c1-4-14-12(15)9(3)16-11-7-10(13)6-5-8(11)2/h5-7,9H,4H2,1-3H3,(H,14,15). The van der Waals surface area contributed by atoms with Gasteiger partial charge in [0.05, 0.1) is 0 Å². The van der Waals surface area contributed by atoms with Gasteiger partial charge in [0, 0.05) is 12.6 Å². The lowest BCUT2D eigenvalue weighted by Gasteiger charge is -2.15. The zero-order valence-electron chi connectivity index (χ0n) is 9.71. The van der Waals surface area contributed by atoms with Crippen LogP contribution in [0.25, 0.3) is 0 Å². The van der Waals surface area contributed by atoms with Gasteiger partial charge < -0.3 is 10.1 Å². The number of rotatable bonds is 4. The average Bonchev–Trinajstić information content (AvgIpc) is 2.23. The number of halogens is 1. The molecule has 0 bridgehead atoms. The zero-order valence-corrected chi connectivity index (χ0v) is 9.71. The molecular weight excluding hydrogens is 209 g/mol. The van der Waals surface area contributed by atoms with Gasteiger partial charge in [-0.2, -0.15) is 0 Å². The Bertz CT molecular complexity index is 379. The Hall–Kier alpha value is -1.58. The van der Waals surface area contributed by atoms with Crippen molar-refractivity contribution in [2.45, 2.75) is 26.9 Å². The minimum atomic E-state index is -0.625. The first kappa shape index (κ1) is 12.5. The van der Waals surface area contributed by atoms with Crippen molar-refractivity contribution in [2.75, 3.05) is 6.54 Å². The van der Waals surface area contributed by atoms with Crippen LogP contribution < -0.4 is 10.1 Å². The van der Waals surface area contributed by atoms with Gasteiger partial charge in [0.15, 0.2) is 6.10 Å². The number of amides is 1. The summed E-state index contributed by atoms with van der Waals surface area (Å²) in [5, 5.41) is 2.64. The second kappa shape index (κ2) is 5.49. The maximum Gasteiger partial charge on any atom is 0.260 e. The fourth-order valence-electron chi connectivity index (χ4n) is 1.26. The number of nitrogens with one attached hydrogen (secondary N) is 1. The van der Waals surface area contributed by atoms with Gasteiger partial charge >= 0.3 is 0 Å². The molecular formula is C12H16FNO2. The summed E-state index contributed by atoms with van der Waals surface area (Å²) in [6.07, 6.45) is -0.625. The lowest BCUT2D eigenvalue weighted by molar-refractivity contribution is -0.127. The van der Waals surface area contributed by atoms with Crippen molar-refractivity contribution in [3.05, 3.63) is 29.6 Å². The van der Waals surface area contributed by atoms with Crippen LogP contribution in [0.15, 0.2) is 18.2 Å². The molecule has 16 heavy (non-hydrogen) atoms.